The second-order valence-corrected chi connectivity index (χ2v) is 7.07. The highest BCUT2D eigenvalue weighted by molar-refractivity contribution is 5.97. The Morgan fingerprint density at radius 3 is 2.69 bits per heavy atom. The molecule has 5 nitrogen and oxygen atoms in total. The molecule has 4 rings (SSSR count). The summed E-state index contributed by atoms with van der Waals surface area (Å²) in [6.45, 7) is 4.25. The Bertz CT molecular complexity index is 878. The van der Waals surface area contributed by atoms with E-state index in [-0.39, 0.29) is 11.8 Å². The smallest absolute Gasteiger partial charge is 0.230 e. The van der Waals surface area contributed by atoms with Gasteiger partial charge in [-0.2, -0.15) is 5.26 Å². The number of benzene rings is 1. The zero-order valence-electron chi connectivity index (χ0n) is 15.0. The van der Waals surface area contributed by atoms with Crippen LogP contribution in [0.4, 0.5) is 11.5 Å². The summed E-state index contributed by atoms with van der Waals surface area (Å²) in [5, 5.41) is 9.34. The number of rotatable bonds is 2. The normalized spacial score (nSPS) is 17.1. The van der Waals surface area contributed by atoms with Crippen LogP contribution in [-0.4, -0.2) is 30.5 Å². The van der Waals surface area contributed by atoms with Crippen molar-refractivity contribution < 1.29 is 4.79 Å². The molecular weight excluding hydrogens is 324 g/mol. The van der Waals surface area contributed by atoms with Crippen LogP contribution < -0.4 is 9.80 Å². The van der Waals surface area contributed by atoms with Crippen molar-refractivity contribution in [2.45, 2.75) is 26.2 Å². The number of carbonyl (C=O) groups excluding carboxylic acids is 1. The number of aryl methyl sites for hydroxylation is 1. The van der Waals surface area contributed by atoms with Gasteiger partial charge < -0.3 is 9.80 Å². The topological polar surface area (TPSA) is 60.2 Å². The Morgan fingerprint density at radius 2 is 1.92 bits per heavy atom. The monoisotopic (exact) mass is 346 g/mol. The fourth-order valence-corrected chi connectivity index (χ4v) is 4.00. The lowest BCUT2D eigenvalue weighted by Gasteiger charge is -2.34. The third-order valence-corrected chi connectivity index (χ3v) is 5.43. The van der Waals surface area contributed by atoms with Crippen LogP contribution in [0.2, 0.25) is 0 Å². The molecule has 132 valence electrons. The lowest BCUT2D eigenvalue weighted by Crippen LogP contribution is -2.42. The molecule has 0 aliphatic carbocycles. The fraction of sp³-hybridized carbons (Fsp3) is 0.381. The number of amides is 1. The van der Waals surface area contributed by atoms with E-state index in [4.69, 9.17) is 0 Å². The standard InChI is InChI=1S/C21H22N4O/c1-15-6-7-18(14-22)20(23-15)24-11-8-17(9-12-24)21(26)25-13-10-16-4-2-3-5-19(16)25/h2-7,17H,8-13H2,1H3. The number of nitrogens with zero attached hydrogens (tertiary/aromatic N) is 4. The Hall–Kier alpha value is -2.87. The Labute approximate surface area is 153 Å². The van der Waals surface area contributed by atoms with Crippen LogP contribution >= 0.6 is 0 Å². The van der Waals surface area contributed by atoms with Gasteiger partial charge >= 0.3 is 0 Å². The summed E-state index contributed by atoms with van der Waals surface area (Å²) in [6.07, 6.45) is 2.55. The number of hydrogen-bond acceptors (Lipinski definition) is 4. The minimum absolute atomic E-state index is 0.0488. The molecular formula is C21H22N4O. The molecule has 0 saturated carbocycles. The lowest BCUT2D eigenvalue weighted by molar-refractivity contribution is -0.122. The van der Waals surface area contributed by atoms with Gasteiger partial charge in [-0.3, -0.25) is 4.79 Å². The van der Waals surface area contributed by atoms with Gasteiger partial charge in [0.2, 0.25) is 5.91 Å². The van der Waals surface area contributed by atoms with E-state index in [1.54, 1.807) is 0 Å². The maximum absolute atomic E-state index is 13.0. The molecule has 0 radical (unpaired) electrons. The summed E-state index contributed by atoms with van der Waals surface area (Å²) in [7, 11) is 0. The van der Waals surface area contributed by atoms with Crippen molar-refractivity contribution in [1.82, 2.24) is 4.98 Å². The van der Waals surface area contributed by atoms with Crippen LogP contribution in [0.25, 0.3) is 0 Å². The van der Waals surface area contributed by atoms with Crippen LogP contribution in [-0.2, 0) is 11.2 Å². The van der Waals surface area contributed by atoms with Crippen LogP contribution in [0.3, 0.4) is 0 Å². The van der Waals surface area contributed by atoms with Gasteiger partial charge in [-0.15, -0.1) is 0 Å². The third kappa shape index (κ3) is 2.92. The first-order chi connectivity index (χ1) is 12.7. The molecule has 2 aromatic rings. The molecule has 26 heavy (non-hydrogen) atoms. The van der Waals surface area contributed by atoms with Gasteiger partial charge in [0.1, 0.15) is 11.9 Å². The average Bonchev–Trinajstić information content (AvgIpc) is 3.11. The van der Waals surface area contributed by atoms with Crippen molar-refractivity contribution in [3.63, 3.8) is 0 Å². The maximum Gasteiger partial charge on any atom is 0.230 e. The first-order valence-corrected chi connectivity index (χ1v) is 9.19. The SMILES string of the molecule is Cc1ccc(C#N)c(N2CCC(C(=O)N3CCc4ccccc43)CC2)n1. The van der Waals surface area contributed by atoms with Crippen molar-refractivity contribution in [2.24, 2.45) is 5.92 Å². The maximum atomic E-state index is 13.0. The number of aromatic nitrogens is 1. The number of carbonyl (C=O) groups is 1. The Morgan fingerprint density at radius 1 is 1.15 bits per heavy atom. The highest BCUT2D eigenvalue weighted by atomic mass is 16.2. The van der Waals surface area contributed by atoms with Crippen molar-refractivity contribution in [3.8, 4) is 6.07 Å². The number of para-hydroxylation sites is 1. The zero-order chi connectivity index (χ0) is 18.1. The summed E-state index contributed by atoms with van der Waals surface area (Å²) in [6, 6.07) is 14.1. The molecule has 0 spiro atoms. The molecule has 1 saturated heterocycles. The molecule has 0 N–H and O–H groups in total. The Kier molecular flexibility index (Phi) is 4.34. The third-order valence-electron chi connectivity index (χ3n) is 5.43. The van der Waals surface area contributed by atoms with E-state index in [9.17, 15) is 10.1 Å². The first-order valence-electron chi connectivity index (χ1n) is 9.19. The number of pyridine rings is 1. The number of fused-ring (bicyclic) bond motifs is 1. The van der Waals surface area contributed by atoms with Crippen LogP contribution in [0.5, 0.6) is 0 Å². The lowest BCUT2D eigenvalue weighted by atomic mass is 9.95. The molecule has 0 bridgehead atoms. The van der Waals surface area contributed by atoms with Gasteiger partial charge in [0.25, 0.3) is 0 Å². The highest BCUT2D eigenvalue weighted by Crippen LogP contribution is 2.32. The van der Waals surface area contributed by atoms with Crippen molar-refractivity contribution in [3.05, 3.63) is 53.2 Å². The van der Waals surface area contributed by atoms with Crippen LogP contribution in [0, 0.1) is 24.2 Å². The van der Waals surface area contributed by atoms with Gasteiger partial charge in [0.05, 0.1) is 5.56 Å². The molecule has 1 amide bonds. The van der Waals surface area contributed by atoms with E-state index in [0.717, 1.165) is 56.1 Å². The molecule has 5 heteroatoms. The number of nitriles is 1. The second kappa shape index (κ2) is 6.80. The van der Waals surface area contributed by atoms with E-state index in [1.165, 1.54) is 5.56 Å². The number of piperidine rings is 1. The molecule has 3 heterocycles. The van der Waals surface area contributed by atoms with Crippen LogP contribution in [0.1, 0.15) is 29.7 Å². The predicted molar refractivity (Wildman–Crippen MR) is 101 cm³/mol. The average molecular weight is 346 g/mol. The minimum Gasteiger partial charge on any atom is -0.355 e. The van der Waals surface area contributed by atoms with Gasteiger partial charge in [-0.1, -0.05) is 18.2 Å². The summed E-state index contributed by atoms with van der Waals surface area (Å²) >= 11 is 0. The molecule has 1 aromatic heterocycles. The molecule has 0 atom stereocenters. The van der Waals surface area contributed by atoms with Gasteiger partial charge in [0, 0.05) is 36.9 Å². The van der Waals surface area contributed by atoms with Crippen molar-refractivity contribution >= 4 is 17.4 Å². The summed E-state index contributed by atoms with van der Waals surface area (Å²) in [5.74, 6) is 1.05. The molecule has 2 aliphatic rings. The van der Waals surface area contributed by atoms with E-state index >= 15 is 0 Å². The largest absolute Gasteiger partial charge is 0.355 e. The summed E-state index contributed by atoms with van der Waals surface area (Å²) in [5.41, 5.74) is 3.85. The number of hydrogen-bond donors (Lipinski definition) is 0. The first kappa shape index (κ1) is 16.6. The van der Waals surface area contributed by atoms with Crippen LogP contribution in [0.15, 0.2) is 36.4 Å². The minimum atomic E-state index is 0.0488. The molecule has 1 aromatic carbocycles. The van der Waals surface area contributed by atoms with E-state index in [2.05, 4.69) is 22.0 Å². The van der Waals surface area contributed by atoms with E-state index in [1.807, 2.05) is 42.2 Å². The van der Waals surface area contributed by atoms with Crippen molar-refractivity contribution in [1.29, 1.82) is 5.26 Å². The van der Waals surface area contributed by atoms with E-state index in [0.29, 0.717) is 5.56 Å². The highest BCUT2D eigenvalue weighted by Gasteiger charge is 2.33. The predicted octanol–water partition coefficient (Wildman–Crippen LogP) is 3.07. The van der Waals surface area contributed by atoms with Gasteiger partial charge in [-0.05, 0) is 49.9 Å². The zero-order valence-corrected chi connectivity index (χ0v) is 15.0. The molecule has 2 aliphatic heterocycles. The summed E-state index contributed by atoms with van der Waals surface area (Å²) in [4.78, 5) is 21.7. The second-order valence-electron chi connectivity index (χ2n) is 7.07. The Balaban J connectivity index is 1.46. The quantitative estimate of drug-likeness (QED) is 0.838. The van der Waals surface area contributed by atoms with Gasteiger partial charge in [0.15, 0.2) is 0 Å². The summed E-state index contributed by atoms with van der Waals surface area (Å²) < 4.78 is 0. The fourth-order valence-electron chi connectivity index (χ4n) is 4.00. The number of anilines is 2. The molecule has 1 fully saturated rings. The van der Waals surface area contributed by atoms with Gasteiger partial charge in [-0.25, -0.2) is 4.98 Å². The van der Waals surface area contributed by atoms with Crippen molar-refractivity contribution in [2.75, 3.05) is 29.4 Å². The molecule has 0 unspecified atom stereocenters. The van der Waals surface area contributed by atoms with E-state index < -0.39 is 0 Å².